The van der Waals surface area contributed by atoms with E-state index in [1.165, 1.54) is 0 Å². The van der Waals surface area contributed by atoms with Crippen molar-refractivity contribution < 1.29 is 14.3 Å². The lowest BCUT2D eigenvalue weighted by Crippen LogP contribution is -2.33. The summed E-state index contributed by atoms with van der Waals surface area (Å²) in [4.78, 5) is 21.1. The Morgan fingerprint density at radius 2 is 2.00 bits per heavy atom. The molecule has 1 N–H and O–H groups in total. The van der Waals surface area contributed by atoms with Gasteiger partial charge in [0.2, 0.25) is 0 Å². The average molecular weight is 384 g/mol. The Morgan fingerprint density at radius 3 is 2.75 bits per heavy atom. The molecule has 3 rings (SSSR count). The Kier molecular flexibility index (Phi) is 6.14. The zero-order valence-electron chi connectivity index (χ0n) is 17.0. The van der Waals surface area contributed by atoms with Gasteiger partial charge >= 0.3 is 6.09 Å². The minimum atomic E-state index is -0.499. The highest BCUT2D eigenvalue weighted by molar-refractivity contribution is 6.02. The lowest BCUT2D eigenvalue weighted by Gasteiger charge is -2.19. The van der Waals surface area contributed by atoms with Gasteiger partial charge in [0.25, 0.3) is 0 Å². The number of alkyl carbamates (subject to hydrolysis) is 1. The van der Waals surface area contributed by atoms with Gasteiger partial charge in [-0.25, -0.2) is 9.78 Å². The molecule has 0 spiro atoms. The summed E-state index contributed by atoms with van der Waals surface area (Å²) in [7, 11) is 0. The number of nitrogens with zero attached hydrogens (tertiary/aromatic N) is 3. The van der Waals surface area contributed by atoms with E-state index >= 15 is 0 Å². The van der Waals surface area contributed by atoms with E-state index in [1.807, 2.05) is 52.1 Å². The van der Waals surface area contributed by atoms with E-state index < -0.39 is 11.7 Å². The smallest absolute Gasteiger partial charge is 0.407 e. The van der Waals surface area contributed by atoms with Crippen LogP contribution >= 0.6 is 0 Å². The molecule has 0 unspecified atom stereocenters. The number of hydrogen-bond donors (Lipinski definition) is 1. The summed E-state index contributed by atoms with van der Waals surface area (Å²) in [6.45, 7) is 9.82. The number of fused-ring (bicyclic) bond motifs is 3. The Bertz CT molecular complexity index is 959. The maximum absolute atomic E-state index is 11.8. The number of aromatic nitrogens is 3. The molecule has 0 fully saturated rings. The van der Waals surface area contributed by atoms with Crippen LogP contribution in [0.25, 0.3) is 21.9 Å². The molecule has 1 amide bonds. The predicted molar refractivity (Wildman–Crippen MR) is 109 cm³/mol. The molecule has 0 radical (unpaired) electrons. The number of aryl methyl sites for hydroxylation is 1. The second kappa shape index (κ2) is 8.56. The summed E-state index contributed by atoms with van der Waals surface area (Å²) in [5, 5.41) is 3.88. The summed E-state index contributed by atoms with van der Waals surface area (Å²) < 4.78 is 13.1. The van der Waals surface area contributed by atoms with Crippen LogP contribution < -0.4 is 5.32 Å². The third kappa shape index (κ3) is 4.78. The minimum absolute atomic E-state index is 0.396. The van der Waals surface area contributed by atoms with Crippen molar-refractivity contribution in [3.63, 3.8) is 0 Å². The highest BCUT2D eigenvalue weighted by atomic mass is 16.6. The van der Waals surface area contributed by atoms with Gasteiger partial charge < -0.3 is 19.4 Å². The first-order chi connectivity index (χ1) is 13.4. The fraction of sp³-hybridized carbons (Fsp3) is 0.476. The summed E-state index contributed by atoms with van der Waals surface area (Å²) in [6.07, 6.45) is 2.16. The van der Waals surface area contributed by atoms with Crippen LogP contribution in [0.2, 0.25) is 0 Å². The average Bonchev–Trinajstić information content (AvgIpc) is 3.00. The van der Waals surface area contributed by atoms with Crippen molar-refractivity contribution in [2.45, 2.75) is 52.9 Å². The molecule has 150 valence electrons. The van der Waals surface area contributed by atoms with Crippen molar-refractivity contribution in [2.75, 3.05) is 13.2 Å². The molecular weight excluding hydrogens is 356 g/mol. The zero-order chi connectivity index (χ0) is 20.1. The molecule has 3 aromatic rings. The maximum Gasteiger partial charge on any atom is 0.407 e. The quantitative estimate of drug-likeness (QED) is 0.622. The predicted octanol–water partition coefficient (Wildman–Crippen LogP) is 4.04. The number of amides is 1. The monoisotopic (exact) mass is 384 g/mol. The molecule has 0 saturated heterocycles. The lowest BCUT2D eigenvalue weighted by molar-refractivity contribution is 0.0526. The third-order valence-corrected chi connectivity index (χ3v) is 4.22. The van der Waals surface area contributed by atoms with E-state index in [-0.39, 0.29) is 0 Å². The number of rotatable bonds is 7. The highest BCUT2D eigenvalue weighted by Gasteiger charge is 2.16. The molecule has 28 heavy (non-hydrogen) atoms. The van der Waals surface area contributed by atoms with Crippen LogP contribution in [-0.2, 0) is 22.6 Å². The molecule has 0 saturated carbocycles. The first kappa shape index (κ1) is 20.1. The van der Waals surface area contributed by atoms with E-state index in [9.17, 15) is 4.79 Å². The van der Waals surface area contributed by atoms with Crippen molar-refractivity contribution in [3.05, 3.63) is 36.3 Å². The molecule has 7 heteroatoms. The third-order valence-electron chi connectivity index (χ3n) is 4.22. The highest BCUT2D eigenvalue weighted by Crippen LogP contribution is 2.25. The molecule has 0 atom stereocenters. The van der Waals surface area contributed by atoms with E-state index in [0.29, 0.717) is 26.3 Å². The van der Waals surface area contributed by atoms with Gasteiger partial charge in [0, 0.05) is 25.1 Å². The summed E-state index contributed by atoms with van der Waals surface area (Å²) >= 11 is 0. The molecule has 0 aliphatic heterocycles. The molecule has 7 nitrogen and oxygen atoms in total. The summed E-state index contributed by atoms with van der Waals surface area (Å²) in [5.74, 6) is 0.868. The largest absolute Gasteiger partial charge is 0.444 e. The van der Waals surface area contributed by atoms with Crippen molar-refractivity contribution in [1.82, 2.24) is 19.9 Å². The van der Waals surface area contributed by atoms with Gasteiger partial charge in [0.05, 0.1) is 17.2 Å². The van der Waals surface area contributed by atoms with Crippen molar-refractivity contribution in [2.24, 2.45) is 0 Å². The van der Waals surface area contributed by atoms with Crippen LogP contribution in [-0.4, -0.2) is 39.4 Å². The number of benzene rings is 1. The van der Waals surface area contributed by atoms with Gasteiger partial charge in [-0.1, -0.05) is 18.2 Å². The van der Waals surface area contributed by atoms with E-state index in [4.69, 9.17) is 14.5 Å². The standard InChI is InChI=1S/C21H28N4O3/c1-5-27-14-18-24-17-13-23-16-10-7-6-9-15(16)19(17)25(18)12-8-11-22-20(26)28-21(2,3)4/h6-7,9-10,13H,5,8,11-12,14H2,1-4H3,(H,22,26). The number of nitrogens with one attached hydrogen (secondary N) is 1. The Labute approximate surface area is 165 Å². The van der Waals surface area contributed by atoms with Crippen LogP contribution in [0.5, 0.6) is 0 Å². The van der Waals surface area contributed by atoms with Crippen molar-refractivity contribution >= 4 is 28.0 Å². The Morgan fingerprint density at radius 1 is 1.21 bits per heavy atom. The van der Waals surface area contributed by atoms with Gasteiger partial charge in [-0.3, -0.25) is 4.98 Å². The SMILES string of the molecule is CCOCc1nc2cnc3ccccc3c2n1CCCNC(=O)OC(C)(C)C. The number of hydrogen-bond acceptors (Lipinski definition) is 5. The second-order valence-electron chi connectivity index (χ2n) is 7.61. The number of imidazole rings is 1. The van der Waals surface area contributed by atoms with Gasteiger partial charge in [0.15, 0.2) is 0 Å². The van der Waals surface area contributed by atoms with E-state index in [1.54, 1.807) is 0 Å². The Balaban J connectivity index is 1.80. The topological polar surface area (TPSA) is 78.3 Å². The molecule has 0 aliphatic carbocycles. The molecular formula is C21H28N4O3. The normalized spacial score (nSPS) is 11.9. The van der Waals surface area contributed by atoms with Crippen LogP contribution in [0.3, 0.4) is 0 Å². The Hall–Kier alpha value is -2.67. The van der Waals surface area contributed by atoms with Gasteiger partial charge in [-0.05, 0) is 40.2 Å². The van der Waals surface area contributed by atoms with Crippen molar-refractivity contribution in [3.8, 4) is 0 Å². The molecule has 1 aromatic carbocycles. The minimum Gasteiger partial charge on any atom is -0.444 e. The molecule has 0 bridgehead atoms. The van der Waals surface area contributed by atoms with E-state index in [2.05, 4.69) is 20.9 Å². The summed E-state index contributed by atoms with van der Waals surface area (Å²) in [6, 6.07) is 8.05. The van der Waals surface area contributed by atoms with Crippen LogP contribution in [0.1, 0.15) is 39.9 Å². The van der Waals surface area contributed by atoms with E-state index in [0.717, 1.165) is 34.2 Å². The fourth-order valence-corrected chi connectivity index (χ4v) is 3.10. The first-order valence-electron chi connectivity index (χ1n) is 9.66. The van der Waals surface area contributed by atoms with Gasteiger partial charge in [-0.2, -0.15) is 0 Å². The van der Waals surface area contributed by atoms with Gasteiger partial charge in [-0.15, -0.1) is 0 Å². The number of para-hydroxylation sites is 1. The maximum atomic E-state index is 11.8. The summed E-state index contributed by atoms with van der Waals surface area (Å²) in [5.41, 5.74) is 2.35. The second-order valence-corrected chi connectivity index (χ2v) is 7.61. The fourth-order valence-electron chi connectivity index (χ4n) is 3.10. The first-order valence-corrected chi connectivity index (χ1v) is 9.66. The molecule has 0 aliphatic rings. The van der Waals surface area contributed by atoms with Crippen molar-refractivity contribution in [1.29, 1.82) is 0 Å². The van der Waals surface area contributed by atoms with Crippen LogP contribution in [0.15, 0.2) is 30.5 Å². The molecule has 2 aromatic heterocycles. The number of pyridine rings is 1. The lowest BCUT2D eigenvalue weighted by atomic mass is 10.2. The number of carbonyl (C=O) groups is 1. The van der Waals surface area contributed by atoms with Crippen LogP contribution in [0.4, 0.5) is 4.79 Å². The molecule has 2 heterocycles. The van der Waals surface area contributed by atoms with Crippen LogP contribution in [0, 0.1) is 0 Å². The number of carbonyl (C=O) groups excluding carboxylic acids is 1. The van der Waals surface area contributed by atoms with Gasteiger partial charge in [0.1, 0.15) is 23.5 Å². The zero-order valence-corrected chi connectivity index (χ0v) is 17.0. The number of ether oxygens (including phenoxy) is 2.